The Labute approximate surface area is 137 Å². The van der Waals surface area contributed by atoms with Crippen molar-refractivity contribution in [3.63, 3.8) is 0 Å². The molecule has 0 aliphatic heterocycles. The van der Waals surface area contributed by atoms with Crippen LogP contribution >= 0.6 is 0 Å². The van der Waals surface area contributed by atoms with E-state index in [0.29, 0.717) is 24.9 Å². The van der Waals surface area contributed by atoms with E-state index >= 15 is 0 Å². The van der Waals surface area contributed by atoms with Gasteiger partial charge in [0, 0.05) is 25.4 Å². The molecule has 1 aliphatic carbocycles. The van der Waals surface area contributed by atoms with E-state index < -0.39 is 5.60 Å². The zero-order valence-electron chi connectivity index (χ0n) is 13.5. The van der Waals surface area contributed by atoms with Crippen LogP contribution in [0, 0.1) is 0 Å². The highest BCUT2D eigenvalue weighted by Crippen LogP contribution is 2.31. The molecule has 1 N–H and O–H groups in total. The lowest BCUT2D eigenvalue weighted by atomic mass is 10.0. The number of rotatable bonds is 6. The van der Waals surface area contributed by atoms with Crippen molar-refractivity contribution in [3.8, 4) is 5.88 Å². The molecule has 5 heteroatoms. The number of aliphatic hydroxyl groups is 1. The zero-order chi connectivity index (χ0) is 16.1. The highest BCUT2D eigenvalue weighted by atomic mass is 16.5. The molecule has 0 bridgehead atoms. The Morgan fingerprint density at radius 1 is 1.17 bits per heavy atom. The Bertz CT molecular complexity index is 627. The van der Waals surface area contributed by atoms with Crippen LogP contribution in [0.4, 0.5) is 5.95 Å². The Hall–Kier alpha value is -2.14. The lowest BCUT2D eigenvalue weighted by molar-refractivity contribution is 0.0541. The Kier molecular flexibility index (Phi) is 4.76. The van der Waals surface area contributed by atoms with E-state index in [2.05, 4.69) is 22.1 Å². The van der Waals surface area contributed by atoms with Crippen LogP contribution in [0.15, 0.2) is 42.6 Å². The number of hydrogen-bond acceptors (Lipinski definition) is 5. The number of nitrogens with zero attached hydrogens (tertiary/aromatic N) is 3. The Balaban J connectivity index is 1.85. The summed E-state index contributed by atoms with van der Waals surface area (Å²) in [5, 5.41) is 10.8. The highest BCUT2D eigenvalue weighted by molar-refractivity contribution is 5.35. The molecule has 1 aromatic heterocycles. The van der Waals surface area contributed by atoms with Gasteiger partial charge in [0.05, 0.1) is 12.7 Å². The van der Waals surface area contributed by atoms with Crippen molar-refractivity contribution < 1.29 is 9.84 Å². The van der Waals surface area contributed by atoms with Crippen molar-refractivity contribution in [1.82, 2.24) is 9.97 Å². The lowest BCUT2D eigenvalue weighted by Crippen LogP contribution is -2.41. The fraction of sp³-hybridized carbons (Fsp3) is 0.444. The molecule has 2 aromatic rings. The third kappa shape index (κ3) is 3.99. The number of benzene rings is 1. The van der Waals surface area contributed by atoms with Gasteiger partial charge in [0.25, 0.3) is 0 Å². The van der Waals surface area contributed by atoms with Crippen LogP contribution in [0.2, 0.25) is 0 Å². The van der Waals surface area contributed by atoms with Crippen LogP contribution < -0.4 is 9.64 Å². The van der Waals surface area contributed by atoms with Crippen molar-refractivity contribution in [2.75, 3.05) is 18.6 Å². The minimum absolute atomic E-state index is 0.534. The fourth-order valence-electron chi connectivity index (χ4n) is 3.15. The van der Waals surface area contributed by atoms with E-state index in [1.165, 1.54) is 5.56 Å². The van der Waals surface area contributed by atoms with Gasteiger partial charge in [-0.1, -0.05) is 43.2 Å². The van der Waals surface area contributed by atoms with Crippen molar-refractivity contribution in [1.29, 1.82) is 0 Å². The van der Waals surface area contributed by atoms with E-state index in [1.807, 2.05) is 23.1 Å². The molecule has 3 rings (SSSR count). The van der Waals surface area contributed by atoms with Gasteiger partial charge in [-0.25, -0.2) is 4.98 Å². The van der Waals surface area contributed by atoms with Crippen LogP contribution in [0.5, 0.6) is 5.88 Å². The highest BCUT2D eigenvalue weighted by Gasteiger charge is 2.34. The summed E-state index contributed by atoms with van der Waals surface area (Å²) in [6, 6.07) is 11.9. The van der Waals surface area contributed by atoms with Crippen LogP contribution in [-0.4, -0.2) is 34.3 Å². The van der Waals surface area contributed by atoms with E-state index in [-0.39, 0.29) is 0 Å². The summed E-state index contributed by atoms with van der Waals surface area (Å²) in [5.41, 5.74) is 0.516. The molecule has 1 aliphatic rings. The summed E-state index contributed by atoms with van der Waals surface area (Å²) in [5.74, 6) is 1.13. The first kappa shape index (κ1) is 15.7. The van der Waals surface area contributed by atoms with Gasteiger partial charge < -0.3 is 14.7 Å². The smallest absolute Gasteiger partial charge is 0.229 e. The Morgan fingerprint density at radius 3 is 2.61 bits per heavy atom. The first-order valence-electron chi connectivity index (χ1n) is 8.07. The predicted octanol–water partition coefficient (Wildman–Crippen LogP) is 2.80. The first-order valence-corrected chi connectivity index (χ1v) is 8.07. The van der Waals surface area contributed by atoms with E-state index in [0.717, 1.165) is 25.7 Å². The van der Waals surface area contributed by atoms with Gasteiger partial charge in [-0.05, 0) is 18.4 Å². The second-order valence-electron chi connectivity index (χ2n) is 6.17. The van der Waals surface area contributed by atoms with Gasteiger partial charge in [0.2, 0.25) is 11.8 Å². The summed E-state index contributed by atoms with van der Waals surface area (Å²) < 4.78 is 5.21. The Morgan fingerprint density at radius 2 is 1.91 bits per heavy atom. The number of hydrogen-bond donors (Lipinski definition) is 1. The largest absolute Gasteiger partial charge is 0.481 e. The number of ether oxygens (including phenoxy) is 1. The van der Waals surface area contributed by atoms with Gasteiger partial charge in [0.15, 0.2) is 0 Å². The normalized spacial score (nSPS) is 16.3. The molecule has 0 saturated heterocycles. The standard InChI is InChI=1S/C18H23N3O2/c1-23-16-9-12-19-17(20-16)21(13-15-7-3-2-4-8-15)14-18(22)10-5-6-11-18/h2-4,7-9,12,22H,5-6,10-11,13-14H2,1H3. The van der Waals surface area contributed by atoms with Crippen molar-refractivity contribution >= 4 is 5.95 Å². The summed E-state index contributed by atoms with van der Waals surface area (Å²) in [6.07, 6.45) is 5.52. The SMILES string of the molecule is COc1ccnc(N(Cc2ccccc2)CC2(O)CCCC2)n1. The number of methoxy groups -OCH3 is 1. The van der Waals surface area contributed by atoms with Crippen molar-refractivity contribution in [2.45, 2.75) is 37.8 Å². The van der Waals surface area contributed by atoms with Crippen LogP contribution in [0.25, 0.3) is 0 Å². The fourth-order valence-corrected chi connectivity index (χ4v) is 3.15. The van der Waals surface area contributed by atoms with Crippen LogP contribution in [0.1, 0.15) is 31.2 Å². The maximum absolute atomic E-state index is 10.8. The minimum Gasteiger partial charge on any atom is -0.481 e. The molecule has 0 atom stereocenters. The van der Waals surface area contributed by atoms with Crippen LogP contribution in [0.3, 0.4) is 0 Å². The molecule has 0 radical (unpaired) electrons. The molecule has 23 heavy (non-hydrogen) atoms. The molecular formula is C18H23N3O2. The molecule has 0 spiro atoms. The van der Waals surface area contributed by atoms with E-state index in [1.54, 1.807) is 19.4 Å². The first-order chi connectivity index (χ1) is 11.2. The molecule has 0 unspecified atom stereocenters. The van der Waals surface area contributed by atoms with Gasteiger partial charge in [-0.15, -0.1) is 0 Å². The van der Waals surface area contributed by atoms with Gasteiger partial charge in [0.1, 0.15) is 0 Å². The lowest BCUT2D eigenvalue weighted by Gasteiger charge is -2.31. The zero-order valence-corrected chi connectivity index (χ0v) is 13.5. The number of anilines is 1. The molecule has 1 heterocycles. The average molecular weight is 313 g/mol. The molecule has 0 amide bonds. The second-order valence-corrected chi connectivity index (χ2v) is 6.17. The molecule has 122 valence electrons. The average Bonchev–Trinajstić information content (AvgIpc) is 3.02. The topological polar surface area (TPSA) is 58.5 Å². The van der Waals surface area contributed by atoms with E-state index in [9.17, 15) is 5.11 Å². The predicted molar refractivity (Wildman–Crippen MR) is 89.5 cm³/mol. The quantitative estimate of drug-likeness (QED) is 0.888. The van der Waals surface area contributed by atoms with Gasteiger partial charge >= 0.3 is 0 Å². The maximum atomic E-state index is 10.8. The van der Waals surface area contributed by atoms with Crippen molar-refractivity contribution in [3.05, 3.63) is 48.2 Å². The summed E-state index contributed by atoms with van der Waals surface area (Å²) in [4.78, 5) is 10.9. The summed E-state index contributed by atoms with van der Waals surface area (Å²) in [7, 11) is 1.60. The maximum Gasteiger partial charge on any atom is 0.229 e. The molecule has 1 saturated carbocycles. The molecular weight excluding hydrogens is 290 g/mol. The molecule has 5 nitrogen and oxygen atoms in total. The van der Waals surface area contributed by atoms with Crippen LogP contribution in [-0.2, 0) is 6.54 Å². The summed E-state index contributed by atoms with van der Waals surface area (Å²) in [6.45, 7) is 1.20. The second kappa shape index (κ2) is 6.96. The monoisotopic (exact) mass is 313 g/mol. The van der Waals surface area contributed by atoms with Gasteiger partial charge in [-0.3, -0.25) is 0 Å². The third-order valence-electron chi connectivity index (χ3n) is 4.34. The molecule has 1 aromatic carbocycles. The van der Waals surface area contributed by atoms with Crippen molar-refractivity contribution in [2.24, 2.45) is 0 Å². The molecule has 1 fully saturated rings. The van der Waals surface area contributed by atoms with E-state index in [4.69, 9.17) is 4.74 Å². The van der Waals surface area contributed by atoms with Gasteiger partial charge in [-0.2, -0.15) is 4.98 Å². The summed E-state index contributed by atoms with van der Waals surface area (Å²) >= 11 is 0. The number of aromatic nitrogens is 2. The third-order valence-corrected chi connectivity index (χ3v) is 4.34. The minimum atomic E-state index is -0.652.